The molecule has 3 rings (SSSR count). The first-order valence-electron chi connectivity index (χ1n) is 7.54. The maximum absolute atomic E-state index is 12.9. The highest BCUT2D eigenvalue weighted by Gasteiger charge is 2.27. The second-order valence-electron chi connectivity index (χ2n) is 5.80. The summed E-state index contributed by atoms with van der Waals surface area (Å²) in [4.78, 5) is 6.76. The van der Waals surface area contributed by atoms with Crippen LogP contribution >= 0.6 is 0 Å². The van der Waals surface area contributed by atoms with Crippen LogP contribution in [0.5, 0.6) is 0 Å². The second kappa shape index (κ2) is 6.54. The van der Waals surface area contributed by atoms with Crippen LogP contribution < -0.4 is 0 Å². The van der Waals surface area contributed by atoms with Gasteiger partial charge in [0.15, 0.2) is 0 Å². The lowest BCUT2D eigenvalue weighted by Gasteiger charge is -2.34. The normalized spacial score (nSPS) is 19.7. The van der Waals surface area contributed by atoms with E-state index >= 15 is 0 Å². The summed E-state index contributed by atoms with van der Waals surface area (Å²) in [6.45, 7) is 6.70. The highest BCUT2D eigenvalue weighted by atomic mass is 19.1. The van der Waals surface area contributed by atoms with Crippen LogP contribution in [0.25, 0.3) is 0 Å². The first kappa shape index (κ1) is 15.1. The molecule has 1 aliphatic rings. The van der Waals surface area contributed by atoms with Crippen molar-refractivity contribution in [3.63, 3.8) is 0 Å². The number of aromatic nitrogens is 2. The van der Waals surface area contributed by atoms with Crippen molar-refractivity contribution in [1.82, 2.24) is 15.0 Å². The van der Waals surface area contributed by atoms with Gasteiger partial charge in [0.2, 0.25) is 11.7 Å². The Morgan fingerprint density at radius 3 is 2.82 bits per heavy atom. The van der Waals surface area contributed by atoms with Crippen molar-refractivity contribution in [3.8, 4) is 0 Å². The maximum atomic E-state index is 12.9. The molecule has 1 aromatic heterocycles. The molecule has 0 saturated carbocycles. The number of nitrogens with zero attached hydrogens (tertiary/aromatic N) is 3. The lowest BCUT2D eigenvalue weighted by molar-refractivity contribution is -0.0450. The number of morpholine rings is 1. The van der Waals surface area contributed by atoms with Crippen LogP contribution in [0.3, 0.4) is 0 Å². The Morgan fingerprint density at radius 1 is 1.32 bits per heavy atom. The highest BCUT2D eigenvalue weighted by molar-refractivity contribution is 5.19. The summed E-state index contributed by atoms with van der Waals surface area (Å²) < 4.78 is 23.9. The summed E-state index contributed by atoms with van der Waals surface area (Å²) >= 11 is 0. The van der Waals surface area contributed by atoms with Crippen molar-refractivity contribution in [1.29, 1.82) is 0 Å². The number of hydrogen-bond donors (Lipinski definition) is 0. The van der Waals surface area contributed by atoms with E-state index in [4.69, 9.17) is 9.26 Å². The van der Waals surface area contributed by atoms with Crippen molar-refractivity contribution in [2.24, 2.45) is 0 Å². The third-order valence-corrected chi connectivity index (χ3v) is 3.87. The van der Waals surface area contributed by atoms with Gasteiger partial charge in [-0.1, -0.05) is 17.3 Å². The molecule has 1 saturated heterocycles. The van der Waals surface area contributed by atoms with E-state index in [1.165, 1.54) is 12.1 Å². The van der Waals surface area contributed by atoms with Crippen molar-refractivity contribution in [2.75, 3.05) is 19.7 Å². The van der Waals surface area contributed by atoms with Crippen LogP contribution in [0.2, 0.25) is 0 Å². The lowest BCUT2D eigenvalue weighted by atomic mass is 10.1. The summed E-state index contributed by atoms with van der Waals surface area (Å²) in [7, 11) is 0. The number of rotatable bonds is 4. The molecule has 1 fully saturated rings. The zero-order chi connectivity index (χ0) is 15.5. The fourth-order valence-corrected chi connectivity index (χ4v) is 2.54. The molecule has 0 radical (unpaired) electrons. The Kier molecular flexibility index (Phi) is 4.49. The summed E-state index contributed by atoms with van der Waals surface area (Å²) in [5.41, 5.74) is 0.935. The van der Waals surface area contributed by atoms with E-state index in [0.717, 1.165) is 18.7 Å². The molecule has 118 valence electrons. The minimum absolute atomic E-state index is 0.151. The zero-order valence-corrected chi connectivity index (χ0v) is 12.8. The molecule has 2 heterocycles. The van der Waals surface area contributed by atoms with E-state index in [1.54, 1.807) is 12.1 Å². The van der Waals surface area contributed by atoms with Gasteiger partial charge in [-0.3, -0.25) is 4.90 Å². The average molecular weight is 305 g/mol. The second-order valence-corrected chi connectivity index (χ2v) is 5.80. The van der Waals surface area contributed by atoms with Gasteiger partial charge in [-0.2, -0.15) is 4.98 Å². The smallest absolute Gasteiger partial charge is 0.231 e. The van der Waals surface area contributed by atoms with E-state index in [1.807, 2.05) is 0 Å². The van der Waals surface area contributed by atoms with E-state index in [9.17, 15) is 4.39 Å². The first-order valence-corrected chi connectivity index (χ1v) is 7.54. The van der Waals surface area contributed by atoms with Gasteiger partial charge in [0.05, 0.1) is 13.0 Å². The van der Waals surface area contributed by atoms with Crippen molar-refractivity contribution in [2.45, 2.75) is 32.4 Å². The Morgan fingerprint density at radius 2 is 2.09 bits per heavy atom. The van der Waals surface area contributed by atoms with Gasteiger partial charge < -0.3 is 9.26 Å². The molecule has 1 aliphatic heterocycles. The lowest BCUT2D eigenvalue weighted by Crippen LogP contribution is -2.42. The summed E-state index contributed by atoms with van der Waals surface area (Å²) in [6.07, 6.45) is 0.343. The van der Waals surface area contributed by atoms with Crippen LogP contribution in [-0.2, 0) is 11.2 Å². The quantitative estimate of drug-likeness (QED) is 0.869. The molecule has 0 aliphatic carbocycles. The fraction of sp³-hybridized carbons (Fsp3) is 0.500. The van der Waals surface area contributed by atoms with Crippen LogP contribution in [0.15, 0.2) is 28.8 Å². The molecule has 0 amide bonds. The molecule has 0 unspecified atom stereocenters. The Bertz CT molecular complexity index is 612. The Labute approximate surface area is 129 Å². The molecule has 1 atom stereocenters. The van der Waals surface area contributed by atoms with Crippen LogP contribution in [-0.4, -0.2) is 40.8 Å². The molecule has 0 bridgehead atoms. The summed E-state index contributed by atoms with van der Waals surface area (Å²) in [5.74, 6) is 0.855. The van der Waals surface area contributed by atoms with Gasteiger partial charge in [-0.25, -0.2) is 4.39 Å². The average Bonchev–Trinajstić information content (AvgIpc) is 2.98. The van der Waals surface area contributed by atoms with Gasteiger partial charge in [0.1, 0.15) is 11.9 Å². The number of ether oxygens (including phenoxy) is 1. The molecule has 1 aromatic carbocycles. The minimum atomic E-state index is -0.251. The molecular weight excluding hydrogens is 285 g/mol. The third kappa shape index (κ3) is 3.51. The number of hydrogen-bond acceptors (Lipinski definition) is 5. The monoisotopic (exact) mass is 305 g/mol. The minimum Gasteiger partial charge on any atom is -0.367 e. The molecule has 22 heavy (non-hydrogen) atoms. The predicted octanol–water partition coefficient (Wildman–Crippen LogP) is 2.58. The van der Waals surface area contributed by atoms with E-state index in [0.29, 0.717) is 30.8 Å². The largest absolute Gasteiger partial charge is 0.367 e. The zero-order valence-electron chi connectivity index (χ0n) is 12.8. The maximum Gasteiger partial charge on any atom is 0.231 e. The van der Waals surface area contributed by atoms with Crippen molar-refractivity contribution >= 4 is 0 Å². The SMILES string of the molecule is CC(C)N1CCO[C@@H](c2noc(Cc3ccc(F)cc3)n2)C1. The Hall–Kier alpha value is -1.79. The fourth-order valence-electron chi connectivity index (χ4n) is 2.54. The third-order valence-electron chi connectivity index (χ3n) is 3.87. The van der Waals surface area contributed by atoms with Gasteiger partial charge in [-0.05, 0) is 31.5 Å². The molecule has 0 N–H and O–H groups in total. The summed E-state index contributed by atoms with van der Waals surface area (Å²) in [6, 6.07) is 6.76. The first-order chi connectivity index (χ1) is 10.6. The van der Waals surface area contributed by atoms with Crippen LogP contribution in [0.1, 0.15) is 37.2 Å². The molecule has 0 spiro atoms. The van der Waals surface area contributed by atoms with Gasteiger partial charge in [0, 0.05) is 19.1 Å². The van der Waals surface area contributed by atoms with E-state index in [2.05, 4.69) is 28.9 Å². The van der Waals surface area contributed by atoms with Crippen LogP contribution in [0, 0.1) is 5.82 Å². The van der Waals surface area contributed by atoms with Crippen molar-refractivity contribution < 1.29 is 13.7 Å². The van der Waals surface area contributed by atoms with Crippen molar-refractivity contribution in [3.05, 3.63) is 47.4 Å². The van der Waals surface area contributed by atoms with Gasteiger partial charge >= 0.3 is 0 Å². The van der Waals surface area contributed by atoms with Gasteiger partial charge in [-0.15, -0.1) is 0 Å². The molecule has 6 heteroatoms. The van der Waals surface area contributed by atoms with Gasteiger partial charge in [0.25, 0.3) is 0 Å². The highest BCUT2D eigenvalue weighted by Crippen LogP contribution is 2.21. The molecule has 2 aromatic rings. The molecule has 5 nitrogen and oxygen atoms in total. The predicted molar refractivity (Wildman–Crippen MR) is 78.9 cm³/mol. The summed E-state index contributed by atoms with van der Waals surface area (Å²) in [5, 5.41) is 4.04. The molecular formula is C16H20FN3O2. The number of halogens is 1. The standard InChI is InChI=1S/C16H20FN3O2/c1-11(2)20-7-8-21-14(10-20)16-18-15(22-19-16)9-12-3-5-13(17)6-4-12/h3-6,11,14H,7-10H2,1-2H3/t14-/m1/s1. The van der Waals surface area contributed by atoms with Crippen LogP contribution in [0.4, 0.5) is 4.39 Å². The Balaban J connectivity index is 1.66. The van der Waals surface area contributed by atoms with E-state index in [-0.39, 0.29) is 11.9 Å². The topological polar surface area (TPSA) is 51.4 Å². The number of benzene rings is 1. The van der Waals surface area contributed by atoms with E-state index < -0.39 is 0 Å².